The van der Waals surface area contributed by atoms with Crippen LogP contribution in [0, 0.1) is 5.82 Å². The summed E-state index contributed by atoms with van der Waals surface area (Å²) in [6, 6.07) is 2.69. The van der Waals surface area contributed by atoms with Crippen LogP contribution in [-0.4, -0.2) is 33.2 Å². The summed E-state index contributed by atoms with van der Waals surface area (Å²) in [5.41, 5.74) is -1.11. The van der Waals surface area contributed by atoms with Gasteiger partial charge >= 0.3 is 6.18 Å². The number of benzene rings is 1. The molecule has 7 nitrogen and oxygen atoms in total. The largest absolute Gasteiger partial charge is 0.486 e. The lowest BCUT2D eigenvalue weighted by Gasteiger charge is -2.23. The number of aromatic nitrogens is 3. The molecule has 0 aliphatic carbocycles. The van der Waals surface area contributed by atoms with E-state index in [0.717, 1.165) is 6.07 Å². The van der Waals surface area contributed by atoms with Gasteiger partial charge in [-0.3, -0.25) is 4.79 Å². The first-order chi connectivity index (χ1) is 14.2. The van der Waals surface area contributed by atoms with E-state index in [0.29, 0.717) is 6.07 Å². The van der Waals surface area contributed by atoms with Gasteiger partial charge in [0.25, 0.3) is 5.91 Å². The van der Waals surface area contributed by atoms with E-state index >= 15 is 0 Å². The quantitative estimate of drug-likeness (QED) is 0.529. The molecule has 1 aliphatic heterocycles. The van der Waals surface area contributed by atoms with Gasteiger partial charge in [-0.2, -0.15) is 18.3 Å². The van der Waals surface area contributed by atoms with E-state index in [1.165, 1.54) is 29.9 Å². The van der Waals surface area contributed by atoms with E-state index in [9.17, 15) is 22.4 Å². The van der Waals surface area contributed by atoms with Crippen LogP contribution in [0.5, 0.6) is 5.75 Å². The summed E-state index contributed by atoms with van der Waals surface area (Å²) < 4.78 is 61.0. The molecule has 0 spiro atoms. The van der Waals surface area contributed by atoms with Gasteiger partial charge in [0.1, 0.15) is 28.9 Å². The molecular formula is C19H19F4N5O2. The number of nitrogens with one attached hydrogen (secondary N) is 2. The number of rotatable bonds is 0. The van der Waals surface area contributed by atoms with Crippen LogP contribution in [0.1, 0.15) is 36.7 Å². The highest BCUT2D eigenvalue weighted by atomic mass is 19.4. The smallest absolute Gasteiger partial charge is 0.420 e. The predicted octanol–water partition coefficient (Wildman–Crippen LogP) is 4.17. The zero-order valence-corrected chi connectivity index (χ0v) is 16.3. The molecule has 11 heteroatoms. The Morgan fingerprint density at radius 1 is 1.27 bits per heavy atom. The number of nitrogens with zero attached hydrogens (tertiary/aromatic N) is 3. The summed E-state index contributed by atoms with van der Waals surface area (Å²) in [6.07, 6.45) is -2.87. The van der Waals surface area contributed by atoms with Crippen molar-refractivity contribution in [2.75, 3.05) is 11.9 Å². The Morgan fingerprint density at radius 3 is 2.70 bits per heavy atom. The third-order valence-electron chi connectivity index (χ3n) is 4.10. The minimum atomic E-state index is -4.84. The van der Waals surface area contributed by atoms with Crippen molar-refractivity contribution >= 4 is 23.1 Å². The lowest BCUT2D eigenvalue weighted by atomic mass is 10.1. The fourth-order valence-electron chi connectivity index (χ4n) is 2.84. The molecule has 0 radical (unpaired) electrons. The van der Waals surface area contributed by atoms with Crippen LogP contribution in [-0.2, 0) is 6.18 Å². The second-order valence-corrected chi connectivity index (χ2v) is 6.23. The molecule has 4 rings (SSSR count). The molecule has 1 aromatic carbocycles. The monoisotopic (exact) mass is 425 g/mol. The molecule has 1 amide bonds. The molecule has 0 saturated heterocycles. The summed E-state index contributed by atoms with van der Waals surface area (Å²) in [7, 11) is 0. The van der Waals surface area contributed by atoms with Gasteiger partial charge in [0.2, 0.25) is 0 Å². The third kappa shape index (κ3) is 4.14. The van der Waals surface area contributed by atoms with Gasteiger partial charge in [0.15, 0.2) is 11.4 Å². The first-order valence-electron chi connectivity index (χ1n) is 9.19. The van der Waals surface area contributed by atoms with Crippen molar-refractivity contribution in [1.82, 2.24) is 19.9 Å². The maximum atomic E-state index is 13.9. The molecule has 2 N–H and O–H groups in total. The second-order valence-electron chi connectivity index (χ2n) is 6.23. The number of alkyl halides is 3. The van der Waals surface area contributed by atoms with Gasteiger partial charge in [-0.25, -0.2) is 13.9 Å². The zero-order valence-electron chi connectivity index (χ0n) is 16.3. The average Bonchev–Trinajstić information content (AvgIpc) is 3.11. The number of hydrogen-bond acceptors (Lipinski definition) is 5. The number of ether oxygens (including phenoxy) is 1. The Hall–Kier alpha value is -3.37. The number of carbonyl (C=O) groups excluding carboxylic acids is 1. The zero-order chi connectivity index (χ0) is 22.1. The number of carbonyl (C=O) groups is 1. The lowest BCUT2D eigenvalue weighted by Crippen LogP contribution is -2.34. The van der Waals surface area contributed by atoms with Crippen molar-refractivity contribution in [3.8, 4) is 5.75 Å². The predicted molar refractivity (Wildman–Crippen MR) is 101 cm³/mol. The van der Waals surface area contributed by atoms with Crippen LogP contribution in [0.3, 0.4) is 0 Å². The van der Waals surface area contributed by atoms with E-state index < -0.39 is 35.3 Å². The highest BCUT2D eigenvalue weighted by Crippen LogP contribution is 2.42. The second kappa shape index (κ2) is 8.17. The fraction of sp³-hybridized carbons (Fsp3) is 0.316. The van der Waals surface area contributed by atoms with Gasteiger partial charge in [0.05, 0.1) is 18.4 Å². The third-order valence-corrected chi connectivity index (χ3v) is 4.10. The van der Waals surface area contributed by atoms with Crippen molar-refractivity contribution in [3.63, 3.8) is 0 Å². The number of anilines is 2. The Balaban J connectivity index is 0.00000124. The van der Waals surface area contributed by atoms with Crippen molar-refractivity contribution in [1.29, 1.82) is 0 Å². The first kappa shape index (κ1) is 21.3. The van der Waals surface area contributed by atoms with Crippen molar-refractivity contribution in [2.45, 2.75) is 33.1 Å². The molecule has 30 heavy (non-hydrogen) atoms. The molecule has 0 saturated carbocycles. The van der Waals surface area contributed by atoms with Gasteiger partial charge in [-0.05, 0) is 19.1 Å². The lowest BCUT2D eigenvalue weighted by molar-refractivity contribution is -0.139. The minimum Gasteiger partial charge on any atom is -0.486 e. The summed E-state index contributed by atoms with van der Waals surface area (Å²) in [4.78, 5) is 16.6. The summed E-state index contributed by atoms with van der Waals surface area (Å²) in [5.74, 6) is -2.06. The summed E-state index contributed by atoms with van der Waals surface area (Å²) >= 11 is 0. The Morgan fingerprint density at radius 2 is 2.00 bits per heavy atom. The van der Waals surface area contributed by atoms with Crippen LogP contribution >= 0.6 is 0 Å². The molecule has 2 bridgehead atoms. The van der Waals surface area contributed by atoms with E-state index in [2.05, 4.69) is 20.7 Å². The van der Waals surface area contributed by atoms with E-state index in [1.807, 2.05) is 13.8 Å². The number of amides is 1. The molecule has 160 valence electrons. The number of fused-ring (bicyclic) bond motifs is 2. The summed E-state index contributed by atoms with van der Waals surface area (Å²) in [6.45, 7) is 5.41. The van der Waals surface area contributed by atoms with Crippen molar-refractivity contribution < 1.29 is 27.1 Å². The van der Waals surface area contributed by atoms with Gasteiger partial charge in [-0.1, -0.05) is 13.8 Å². The molecule has 1 atom stereocenters. The van der Waals surface area contributed by atoms with Gasteiger partial charge in [0, 0.05) is 12.3 Å². The van der Waals surface area contributed by atoms with Crippen molar-refractivity contribution in [2.24, 2.45) is 0 Å². The first-order valence-corrected chi connectivity index (χ1v) is 9.19. The van der Waals surface area contributed by atoms with Crippen LogP contribution < -0.4 is 15.4 Å². The van der Waals surface area contributed by atoms with E-state index in [-0.39, 0.29) is 29.3 Å². The molecule has 0 fully saturated rings. The minimum absolute atomic E-state index is 0.0794. The molecule has 2 aromatic heterocycles. The van der Waals surface area contributed by atoms with Crippen LogP contribution in [0.2, 0.25) is 0 Å². The number of halogens is 4. The average molecular weight is 425 g/mol. The molecule has 1 aliphatic rings. The van der Waals surface area contributed by atoms with Crippen LogP contribution in [0.25, 0.3) is 5.65 Å². The highest BCUT2D eigenvalue weighted by molar-refractivity contribution is 5.99. The van der Waals surface area contributed by atoms with Gasteiger partial charge in [-0.15, -0.1) is 0 Å². The maximum absolute atomic E-state index is 13.9. The molecule has 1 unspecified atom stereocenters. The topological polar surface area (TPSA) is 80.6 Å². The fourth-order valence-corrected chi connectivity index (χ4v) is 2.84. The molecule has 3 aromatic rings. The highest BCUT2D eigenvalue weighted by Gasteiger charge is 2.37. The Bertz CT molecular complexity index is 1080. The molecular weight excluding hydrogens is 406 g/mol. The summed E-state index contributed by atoms with van der Waals surface area (Å²) in [5, 5.41) is 9.24. The van der Waals surface area contributed by atoms with Gasteiger partial charge < -0.3 is 15.4 Å². The maximum Gasteiger partial charge on any atom is 0.420 e. The van der Waals surface area contributed by atoms with Crippen molar-refractivity contribution in [3.05, 3.63) is 47.5 Å². The van der Waals surface area contributed by atoms with Crippen LogP contribution in [0.15, 0.2) is 30.6 Å². The van der Waals surface area contributed by atoms with Crippen LogP contribution in [0.4, 0.5) is 29.1 Å². The SMILES string of the molecule is CC.CC1CNC(=O)c2cnn3ccc(nc23)Nc2cc(F)cc(C(F)(F)F)c2O1. The number of hydrogen-bond donors (Lipinski definition) is 2. The van der Waals surface area contributed by atoms with E-state index in [4.69, 9.17) is 4.74 Å². The molecule has 3 heterocycles. The standard InChI is InChI=1S/C17H13F4N5O2.C2H6/c1-8-6-22-16(27)10-7-23-26-3-2-13(25-15(10)26)24-12-5-9(18)4-11(14(12)28-8)17(19,20)21;1-2/h2-5,7-8H,6H2,1H3,(H,22,27)(H,24,25);1-2H3. The van der Waals surface area contributed by atoms with E-state index in [1.54, 1.807) is 0 Å². The Labute approximate surface area is 169 Å². The Kier molecular flexibility index (Phi) is 5.81. The normalized spacial score (nSPS) is 16.2.